The zero-order valence-corrected chi connectivity index (χ0v) is 10.9. The number of rotatable bonds is 7. The molecule has 0 aromatic rings. The van der Waals surface area contributed by atoms with Gasteiger partial charge in [-0.2, -0.15) is 0 Å². The highest BCUT2D eigenvalue weighted by Gasteiger charge is 2.21. The molecule has 0 spiro atoms. The lowest BCUT2D eigenvalue weighted by atomic mass is 10.3. The monoisotopic (exact) mass is 260 g/mol. The van der Waals surface area contributed by atoms with Crippen molar-refractivity contribution < 1.29 is 24.2 Å². The number of aliphatic carboxylic acids is 1. The first kappa shape index (κ1) is 16.2. The Labute approximate surface area is 106 Å². The van der Waals surface area contributed by atoms with Crippen LogP contribution >= 0.6 is 0 Å². The molecule has 0 saturated heterocycles. The minimum absolute atomic E-state index is 0.181. The average molecular weight is 260 g/mol. The number of carbonyl (C=O) groups excluding carboxylic acids is 2. The molecule has 0 heterocycles. The van der Waals surface area contributed by atoms with Gasteiger partial charge in [-0.25, -0.2) is 4.79 Å². The van der Waals surface area contributed by atoms with Gasteiger partial charge in [0, 0.05) is 6.54 Å². The highest BCUT2D eigenvalue weighted by molar-refractivity contribution is 5.84. The SMILES string of the molecule is CCCN(CC(=O)OCC)C(=O)N[C@@H](C)C(=O)O. The van der Waals surface area contributed by atoms with E-state index >= 15 is 0 Å². The van der Waals surface area contributed by atoms with Crippen LogP contribution in [0.5, 0.6) is 0 Å². The Bertz CT molecular complexity index is 306. The number of carboxylic acid groups (broad SMARTS) is 1. The molecule has 2 N–H and O–H groups in total. The van der Waals surface area contributed by atoms with Crippen LogP contribution in [0.15, 0.2) is 0 Å². The number of nitrogens with one attached hydrogen (secondary N) is 1. The second kappa shape index (κ2) is 8.32. The number of urea groups is 1. The molecule has 0 aromatic carbocycles. The smallest absolute Gasteiger partial charge is 0.325 e. The topological polar surface area (TPSA) is 95.9 Å². The number of hydrogen-bond acceptors (Lipinski definition) is 4. The zero-order chi connectivity index (χ0) is 14.1. The van der Waals surface area contributed by atoms with Crippen molar-refractivity contribution in [2.24, 2.45) is 0 Å². The lowest BCUT2D eigenvalue weighted by Gasteiger charge is -2.22. The molecule has 0 unspecified atom stereocenters. The number of hydrogen-bond donors (Lipinski definition) is 2. The highest BCUT2D eigenvalue weighted by atomic mass is 16.5. The molecule has 7 nitrogen and oxygen atoms in total. The summed E-state index contributed by atoms with van der Waals surface area (Å²) in [5.41, 5.74) is 0. The fourth-order valence-corrected chi connectivity index (χ4v) is 1.22. The Balaban J connectivity index is 4.44. The van der Waals surface area contributed by atoms with E-state index in [1.807, 2.05) is 6.92 Å². The van der Waals surface area contributed by atoms with Gasteiger partial charge in [0.15, 0.2) is 0 Å². The molecule has 2 amide bonds. The van der Waals surface area contributed by atoms with Crippen LogP contribution in [0.25, 0.3) is 0 Å². The van der Waals surface area contributed by atoms with Gasteiger partial charge >= 0.3 is 18.0 Å². The van der Waals surface area contributed by atoms with E-state index in [9.17, 15) is 14.4 Å². The van der Waals surface area contributed by atoms with Crippen molar-refractivity contribution in [2.75, 3.05) is 19.7 Å². The van der Waals surface area contributed by atoms with Gasteiger partial charge in [0.1, 0.15) is 12.6 Å². The third-order valence-corrected chi connectivity index (χ3v) is 2.12. The van der Waals surface area contributed by atoms with Crippen molar-refractivity contribution in [3.05, 3.63) is 0 Å². The van der Waals surface area contributed by atoms with Crippen LogP contribution in [0.2, 0.25) is 0 Å². The summed E-state index contributed by atoms with van der Waals surface area (Å²) in [5, 5.41) is 11.0. The highest BCUT2D eigenvalue weighted by Crippen LogP contribution is 1.96. The second-order valence-electron chi connectivity index (χ2n) is 3.74. The van der Waals surface area contributed by atoms with Gasteiger partial charge in [-0.1, -0.05) is 6.92 Å². The molecule has 104 valence electrons. The van der Waals surface area contributed by atoms with Crippen LogP contribution in [-0.4, -0.2) is 53.7 Å². The summed E-state index contributed by atoms with van der Waals surface area (Å²) in [6.07, 6.45) is 0.661. The first-order valence-electron chi connectivity index (χ1n) is 5.86. The van der Waals surface area contributed by atoms with E-state index in [1.54, 1.807) is 6.92 Å². The van der Waals surface area contributed by atoms with E-state index in [2.05, 4.69) is 5.32 Å². The minimum atomic E-state index is -1.13. The Morgan fingerprint density at radius 2 is 1.94 bits per heavy atom. The lowest BCUT2D eigenvalue weighted by molar-refractivity contribution is -0.143. The zero-order valence-electron chi connectivity index (χ0n) is 10.9. The van der Waals surface area contributed by atoms with E-state index in [4.69, 9.17) is 9.84 Å². The van der Waals surface area contributed by atoms with E-state index < -0.39 is 24.0 Å². The van der Waals surface area contributed by atoms with E-state index in [1.165, 1.54) is 11.8 Å². The van der Waals surface area contributed by atoms with Gasteiger partial charge in [-0.15, -0.1) is 0 Å². The standard InChI is InChI=1S/C11H20N2O5/c1-4-6-13(7-9(14)18-5-2)11(17)12-8(3)10(15)16/h8H,4-7H2,1-3H3,(H,12,17)(H,15,16)/t8-/m0/s1. The van der Waals surface area contributed by atoms with E-state index in [-0.39, 0.29) is 13.2 Å². The molecule has 0 bridgehead atoms. The summed E-state index contributed by atoms with van der Waals surface area (Å²) < 4.78 is 4.74. The van der Waals surface area contributed by atoms with Crippen LogP contribution < -0.4 is 5.32 Å². The second-order valence-corrected chi connectivity index (χ2v) is 3.74. The predicted octanol–water partition coefficient (Wildman–Crippen LogP) is 0.444. The molecule has 0 rings (SSSR count). The molecule has 1 atom stereocenters. The number of ether oxygens (including phenoxy) is 1. The molecule has 0 aliphatic heterocycles. The van der Waals surface area contributed by atoms with Crippen LogP contribution in [0.1, 0.15) is 27.2 Å². The van der Waals surface area contributed by atoms with Crippen molar-refractivity contribution in [3.63, 3.8) is 0 Å². The van der Waals surface area contributed by atoms with Crippen LogP contribution in [-0.2, 0) is 14.3 Å². The Kier molecular flexibility index (Phi) is 7.50. The average Bonchev–Trinajstić information content (AvgIpc) is 2.28. The molecule has 0 fully saturated rings. The van der Waals surface area contributed by atoms with Gasteiger partial charge in [0.2, 0.25) is 0 Å². The molecule has 0 saturated carbocycles. The van der Waals surface area contributed by atoms with Crippen LogP contribution in [0.4, 0.5) is 4.79 Å². The number of amides is 2. The first-order valence-corrected chi connectivity index (χ1v) is 5.86. The number of carboxylic acids is 1. The van der Waals surface area contributed by atoms with Crippen molar-refractivity contribution in [3.8, 4) is 0 Å². The number of esters is 1. The van der Waals surface area contributed by atoms with Crippen LogP contribution in [0, 0.1) is 0 Å². The molecule has 0 aliphatic carbocycles. The fraction of sp³-hybridized carbons (Fsp3) is 0.727. The van der Waals surface area contributed by atoms with E-state index in [0.29, 0.717) is 13.0 Å². The third kappa shape index (κ3) is 6.07. The third-order valence-electron chi connectivity index (χ3n) is 2.12. The normalized spacial score (nSPS) is 11.5. The maximum Gasteiger partial charge on any atom is 0.325 e. The van der Waals surface area contributed by atoms with Gasteiger partial charge in [-0.05, 0) is 20.3 Å². The van der Waals surface area contributed by atoms with Crippen molar-refractivity contribution in [1.82, 2.24) is 10.2 Å². The molecule has 18 heavy (non-hydrogen) atoms. The quantitative estimate of drug-likeness (QED) is 0.648. The maximum absolute atomic E-state index is 11.7. The Hall–Kier alpha value is -1.79. The van der Waals surface area contributed by atoms with Crippen molar-refractivity contribution in [2.45, 2.75) is 33.2 Å². The molecule has 0 aromatic heterocycles. The summed E-state index contributed by atoms with van der Waals surface area (Å²) in [4.78, 5) is 34.9. The largest absolute Gasteiger partial charge is 0.480 e. The Morgan fingerprint density at radius 1 is 1.33 bits per heavy atom. The number of carbonyl (C=O) groups is 3. The minimum Gasteiger partial charge on any atom is -0.480 e. The van der Waals surface area contributed by atoms with Crippen molar-refractivity contribution in [1.29, 1.82) is 0 Å². The van der Waals surface area contributed by atoms with E-state index in [0.717, 1.165) is 0 Å². The lowest BCUT2D eigenvalue weighted by Crippen LogP contribution is -2.48. The summed E-state index contributed by atoms with van der Waals surface area (Å²) >= 11 is 0. The fourth-order valence-electron chi connectivity index (χ4n) is 1.22. The number of nitrogens with zero attached hydrogens (tertiary/aromatic N) is 1. The Morgan fingerprint density at radius 3 is 2.39 bits per heavy atom. The molecular formula is C11H20N2O5. The first-order chi connectivity index (χ1) is 8.42. The van der Waals surface area contributed by atoms with Gasteiger partial charge < -0.3 is 20.1 Å². The predicted molar refractivity (Wildman–Crippen MR) is 64.1 cm³/mol. The molecule has 0 aliphatic rings. The summed E-state index contributed by atoms with van der Waals surface area (Å²) in [7, 11) is 0. The summed E-state index contributed by atoms with van der Waals surface area (Å²) in [6.45, 7) is 5.30. The summed E-state index contributed by atoms with van der Waals surface area (Å²) in [6, 6.07) is -1.58. The van der Waals surface area contributed by atoms with Crippen molar-refractivity contribution >= 4 is 18.0 Å². The molecule has 7 heteroatoms. The van der Waals surface area contributed by atoms with Gasteiger partial charge in [0.25, 0.3) is 0 Å². The van der Waals surface area contributed by atoms with Crippen LogP contribution in [0.3, 0.4) is 0 Å². The summed E-state index contributed by atoms with van der Waals surface area (Å²) in [5.74, 6) is -1.64. The molecule has 0 radical (unpaired) electrons. The molecular weight excluding hydrogens is 240 g/mol. The maximum atomic E-state index is 11.7. The van der Waals surface area contributed by atoms with Gasteiger partial charge in [0.05, 0.1) is 6.61 Å². The van der Waals surface area contributed by atoms with Gasteiger partial charge in [-0.3, -0.25) is 9.59 Å².